The number of nitrogens with one attached hydrogen (secondary N) is 1. The van der Waals surface area contributed by atoms with Gasteiger partial charge in [-0.2, -0.15) is 0 Å². The van der Waals surface area contributed by atoms with Crippen LogP contribution < -0.4 is 14.8 Å². The fourth-order valence-corrected chi connectivity index (χ4v) is 3.89. The Morgan fingerprint density at radius 2 is 1.90 bits per heavy atom. The number of nitrogens with zero attached hydrogens (tertiary/aromatic N) is 2. The van der Waals surface area contributed by atoms with E-state index in [2.05, 4.69) is 59.4 Å². The molecule has 0 aliphatic carbocycles. The van der Waals surface area contributed by atoms with Gasteiger partial charge in [0.2, 0.25) is 5.88 Å². The summed E-state index contributed by atoms with van der Waals surface area (Å²) in [7, 11) is 0. The lowest BCUT2D eigenvalue weighted by Crippen LogP contribution is -2.28. The van der Waals surface area contributed by atoms with E-state index in [1.165, 1.54) is 11.1 Å². The summed E-state index contributed by atoms with van der Waals surface area (Å²) >= 11 is 0. The molecule has 1 aliphatic rings. The van der Waals surface area contributed by atoms with Crippen LogP contribution in [0, 0.1) is 0 Å². The number of ether oxygens (including phenoxy) is 2. The summed E-state index contributed by atoms with van der Waals surface area (Å²) in [6.45, 7) is 8.44. The Kier molecular flexibility index (Phi) is 7.05. The topological polar surface area (TPSA) is 46.6 Å². The first-order valence-corrected chi connectivity index (χ1v) is 11.2. The lowest BCUT2D eigenvalue weighted by atomic mass is 9.97. The molecule has 0 amide bonds. The van der Waals surface area contributed by atoms with Crippen molar-refractivity contribution >= 4 is 5.69 Å². The number of anilines is 1. The first-order valence-electron chi connectivity index (χ1n) is 11.2. The average Bonchev–Trinajstić information content (AvgIpc) is 2.83. The minimum absolute atomic E-state index is 0.115. The highest BCUT2D eigenvalue weighted by molar-refractivity contribution is 5.45. The highest BCUT2D eigenvalue weighted by Gasteiger charge is 2.21. The van der Waals surface area contributed by atoms with Gasteiger partial charge in [0.05, 0.1) is 11.9 Å². The molecule has 1 N–H and O–H groups in total. The molecule has 0 bridgehead atoms. The van der Waals surface area contributed by atoms with E-state index in [1.54, 1.807) is 0 Å². The molecule has 162 valence electrons. The van der Waals surface area contributed by atoms with E-state index in [0.717, 1.165) is 56.2 Å². The van der Waals surface area contributed by atoms with Crippen molar-refractivity contribution in [2.24, 2.45) is 0 Å². The van der Waals surface area contributed by atoms with Crippen LogP contribution in [0.2, 0.25) is 0 Å². The van der Waals surface area contributed by atoms with Crippen LogP contribution in [-0.4, -0.2) is 36.1 Å². The zero-order valence-corrected chi connectivity index (χ0v) is 18.4. The van der Waals surface area contributed by atoms with Crippen LogP contribution in [0.1, 0.15) is 37.5 Å². The van der Waals surface area contributed by atoms with Gasteiger partial charge in [0.15, 0.2) is 0 Å². The molecular formula is C26H31N3O2. The molecule has 0 radical (unpaired) electrons. The lowest BCUT2D eigenvalue weighted by molar-refractivity contribution is 0.176. The Balaban J connectivity index is 1.33. The second-order valence-electron chi connectivity index (χ2n) is 7.77. The predicted molar refractivity (Wildman–Crippen MR) is 125 cm³/mol. The van der Waals surface area contributed by atoms with Gasteiger partial charge in [0, 0.05) is 19.2 Å². The van der Waals surface area contributed by atoms with Gasteiger partial charge in [-0.05, 0) is 61.3 Å². The van der Waals surface area contributed by atoms with Gasteiger partial charge in [0.1, 0.15) is 17.6 Å². The van der Waals surface area contributed by atoms with Gasteiger partial charge >= 0.3 is 0 Å². The molecular weight excluding hydrogens is 386 g/mol. The second-order valence-corrected chi connectivity index (χ2v) is 7.77. The number of pyridine rings is 1. The molecule has 0 saturated heterocycles. The van der Waals surface area contributed by atoms with E-state index >= 15 is 0 Å². The van der Waals surface area contributed by atoms with E-state index in [-0.39, 0.29) is 6.10 Å². The molecule has 31 heavy (non-hydrogen) atoms. The molecule has 1 aliphatic heterocycles. The third-order valence-electron chi connectivity index (χ3n) is 5.76. The van der Waals surface area contributed by atoms with Crippen molar-refractivity contribution in [1.29, 1.82) is 0 Å². The van der Waals surface area contributed by atoms with Crippen LogP contribution in [0.3, 0.4) is 0 Å². The van der Waals surface area contributed by atoms with Crippen LogP contribution in [-0.2, 0) is 6.42 Å². The molecule has 1 aromatic heterocycles. The van der Waals surface area contributed by atoms with Gasteiger partial charge < -0.3 is 19.7 Å². The summed E-state index contributed by atoms with van der Waals surface area (Å²) in [5.74, 6) is 2.32. The first kappa shape index (κ1) is 21.2. The summed E-state index contributed by atoms with van der Waals surface area (Å²) in [6, 6.07) is 20.3. The summed E-state index contributed by atoms with van der Waals surface area (Å²) in [4.78, 5) is 6.83. The Morgan fingerprint density at radius 3 is 2.65 bits per heavy atom. The molecule has 1 atom stereocenters. The van der Waals surface area contributed by atoms with E-state index in [1.807, 2.05) is 36.5 Å². The SMILES string of the molecule is CCN(CC)CCNc1ccc(Oc2ccc3c(c2)CCC(c2ccccc2)O3)nc1. The largest absolute Gasteiger partial charge is 0.485 e. The molecule has 1 unspecified atom stereocenters. The van der Waals surface area contributed by atoms with Gasteiger partial charge in [-0.3, -0.25) is 0 Å². The molecule has 5 heteroatoms. The van der Waals surface area contributed by atoms with E-state index in [4.69, 9.17) is 9.47 Å². The lowest BCUT2D eigenvalue weighted by Gasteiger charge is -2.26. The quantitative estimate of drug-likeness (QED) is 0.484. The molecule has 3 aromatic rings. The minimum atomic E-state index is 0.115. The predicted octanol–water partition coefficient (Wildman–Crippen LogP) is 5.69. The second kappa shape index (κ2) is 10.3. The molecule has 0 fully saturated rings. The van der Waals surface area contributed by atoms with Crippen LogP contribution in [0.5, 0.6) is 17.4 Å². The Bertz CT molecular complexity index is 956. The van der Waals surface area contributed by atoms with Gasteiger partial charge in [-0.15, -0.1) is 0 Å². The summed E-state index contributed by atoms with van der Waals surface area (Å²) in [6.07, 6.45) is 3.87. The van der Waals surface area contributed by atoms with E-state index in [9.17, 15) is 0 Å². The van der Waals surface area contributed by atoms with Crippen molar-refractivity contribution in [2.75, 3.05) is 31.5 Å². The van der Waals surface area contributed by atoms with Crippen molar-refractivity contribution < 1.29 is 9.47 Å². The summed E-state index contributed by atoms with van der Waals surface area (Å²) in [5, 5.41) is 3.42. The number of likely N-dealkylation sites (N-methyl/N-ethyl adjacent to an activating group) is 1. The van der Waals surface area contributed by atoms with Crippen molar-refractivity contribution in [3.63, 3.8) is 0 Å². The fourth-order valence-electron chi connectivity index (χ4n) is 3.89. The van der Waals surface area contributed by atoms with Crippen molar-refractivity contribution in [1.82, 2.24) is 9.88 Å². The van der Waals surface area contributed by atoms with Crippen molar-refractivity contribution in [2.45, 2.75) is 32.8 Å². The maximum absolute atomic E-state index is 6.23. The first-order chi connectivity index (χ1) is 15.2. The zero-order valence-electron chi connectivity index (χ0n) is 18.4. The molecule has 0 spiro atoms. The average molecular weight is 418 g/mol. The normalized spacial score (nSPS) is 15.3. The zero-order chi connectivity index (χ0) is 21.5. The highest BCUT2D eigenvalue weighted by atomic mass is 16.5. The third kappa shape index (κ3) is 5.56. The number of hydrogen-bond acceptors (Lipinski definition) is 5. The number of rotatable bonds is 9. The van der Waals surface area contributed by atoms with Crippen LogP contribution >= 0.6 is 0 Å². The van der Waals surface area contributed by atoms with Gasteiger partial charge in [-0.25, -0.2) is 4.98 Å². The van der Waals surface area contributed by atoms with Crippen LogP contribution in [0.4, 0.5) is 5.69 Å². The number of fused-ring (bicyclic) bond motifs is 1. The smallest absolute Gasteiger partial charge is 0.219 e. The molecule has 0 saturated carbocycles. The standard InChI is InChI=1S/C26H31N3O2/c1-3-29(4-2)17-16-27-22-11-15-26(28-19-22)30-23-12-14-25-21(18-23)10-13-24(31-25)20-8-6-5-7-9-20/h5-9,11-12,14-15,18-19,24,27H,3-4,10,13,16-17H2,1-2H3. The molecule has 2 heterocycles. The number of hydrogen-bond donors (Lipinski definition) is 1. The monoisotopic (exact) mass is 417 g/mol. The maximum Gasteiger partial charge on any atom is 0.219 e. The van der Waals surface area contributed by atoms with Crippen LogP contribution in [0.15, 0.2) is 66.9 Å². The Hall–Kier alpha value is -3.05. The Morgan fingerprint density at radius 1 is 1.06 bits per heavy atom. The molecule has 5 nitrogen and oxygen atoms in total. The van der Waals surface area contributed by atoms with Crippen molar-refractivity contribution in [3.05, 3.63) is 78.0 Å². The van der Waals surface area contributed by atoms with Crippen LogP contribution in [0.25, 0.3) is 0 Å². The number of benzene rings is 2. The summed E-state index contributed by atoms with van der Waals surface area (Å²) in [5.41, 5.74) is 3.41. The van der Waals surface area contributed by atoms with Gasteiger partial charge in [-0.1, -0.05) is 44.2 Å². The highest BCUT2D eigenvalue weighted by Crippen LogP contribution is 2.37. The maximum atomic E-state index is 6.23. The van der Waals surface area contributed by atoms with E-state index < -0.39 is 0 Å². The Labute approximate surface area is 185 Å². The molecule has 2 aromatic carbocycles. The minimum Gasteiger partial charge on any atom is -0.485 e. The number of aryl methyl sites for hydroxylation is 1. The van der Waals surface area contributed by atoms with Crippen molar-refractivity contribution in [3.8, 4) is 17.4 Å². The van der Waals surface area contributed by atoms with E-state index in [0.29, 0.717) is 5.88 Å². The van der Waals surface area contributed by atoms with Gasteiger partial charge in [0.25, 0.3) is 0 Å². The summed E-state index contributed by atoms with van der Waals surface area (Å²) < 4.78 is 12.2. The third-order valence-corrected chi connectivity index (χ3v) is 5.76. The fraction of sp³-hybridized carbons (Fsp3) is 0.346. The molecule has 4 rings (SSSR count). The number of aromatic nitrogens is 1.